The van der Waals surface area contributed by atoms with E-state index in [0.717, 1.165) is 19.5 Å². The quantitative estimate of drug-likeness (QED) is 0.780. The van der Waals surface area contributed by atoms with Crippen molar-refractivity contribution in [3.8, 4) is 0 Å². The fourth-order valence-electron chi connectivity index (χ4n) is 3.38. The predicted octanol–water partition coefficient (Wildman–Crippen LogP) is 2.24. The van der Waals surface area contributed by atoms with Crippen molar-refractivity contribution in [3.05, 3.63) is 0 Å². The molecule has 1 unspecified atom stereocenters. The summed E-state index contributed by atoms with van der Waals surface area (Å²) < 4.78 is 5.46. The molecule has 1 saturated carbocycles. The molecule has 0 spiro atoms. The highest BCUT2D eigenvalue weighted by atomic mass is 16.6. The maximum Gasteiger partial charge on any atom is 0.410 e. The third-order valence-corrected chi connectivity index (χ3v) is 4.32. The SMILES string of the molecule is CNC1C[C@@H]2CN(C(=O)OC(C)(C)C)C[C@]2(C)C1. The van der Waals surface area contributed by atoms with Gasteiger partial charge in [-0.3, -0.25) is 0 Å². The van der Waals surface area contributed by atoms with E-state index >= 15 is 0 Å². The molecule has 1 aliphatic carbocycles. The first-order chi connectivity index (χ1) is 8.23. The van der Waals surface area contributed by atoms with E-state index in [4.69, 9.17) is 4.74 Å². The minimum absolute atomic E-state index is 0.154. The summed E-state index contributed by atoms with van der Waals surface area (Å²) in [7, 11) is 2.03. The molecule has 18 heavy (non-hydrogen) atoms. The summed E-state index contributed by atoms with van der Waals surface area (Å²) in [6.07, 6.45) is 2.18. The zero-order valence-corrected chi connectivity index (χ0v) is 12.2. The number of nitrogens with zero attached hydrogens (tertiary/aromatic N) is 1. The Hall–Kier alpha value is -0.770. The number of nitrogens with one attached hydrogen (secondary N) is 1. The smallest absolute Gasteiger partial charge is 0.410 e. The van der Waals surface area contributed by atoms with E-state index in [-0.39, 0.29) is 11.5 Å². The van der Waals surface area contributed by atoms with Crippen molar-refractivity contribution >= 4 is 6.09 Å². The fourth-order valence-corrected chi connectivity index (χ4v) is 3.38. The van der Waals surface area contributed by atoms with Crippen LogP contribution in [0.5, 0.6) is 0 Å². The van der Waals surface area contributed by atoms with Crippen molar-refractivity contribution in [3.63, 3.8) is 0 Å². The first kappa shape index (κ1) is 13.7. The molecule has 1 heterocycles. The number of hydrogen-bond acceptors (Lipinski definition) is 3. The summed E-state index contributed by atoms with van der Waals surface area (Å²) in [6, 6.07) is 0.612. The van der Waals surface area contributed by atoms with E-state index in [9.17, 15) is 4.79 Å². The van der Waals surface area contributed by atoms with Crippen molar-refractivity contribution in [2.45, 2.75) is 52.2 Å². The number of likely N-dealkylation sites (tertiary alicyclic amines) is 1. The molecule has 1 amide bonds. The second-order valence-corrected chi connectivity index (χ2v) is 7.14. The molecule has 2 fully saturated rings. The molecular formula is C14H26N2O2. The monoisotopic (exact) mass is 254 g/mol. The minimum Gasteiger partial charge on any atom is -0.444 e. The largest absolute Gasteiger partial charge is 0.444 e. The van der Waals surface area contributed by atoms with Gasteiger partial charge in [-0.05, 0) is 52.0 Å². The molecular weight excluding hydrogens is 228 g/mol. The van der Waals surface area contributed by atoms with Gasteiger partial charge in [-0.15, -0.1) is 0 Å². The van der Waals surface area contributed by atoms with Gasteiger partial charge in [0.2, 0.25) is 0 Å². The summed E-state index contributed by atoms with van der Waals surface area (Å²) in [5.41, 5.74) is -0.131. The third-order valence-electron chi connectivity index (χ3n) is 4.32. The summed E-state index contributed by atoms with van der Waals surface area (Å²) in [4.78, 5) is 14.0. The maximum atomic E-state index is 12.1. The molecule has 0 aromatic rings. The van der Waals surface area contributed by atoms with Gasteiger partial charge in [0, 0.05) is 19.1 Å². The number of rotatable bonds is 1. The Morgan fingerprint density at radius 3 is 2.61 bits per heavy atom. The first-order valence-electron chi connectivity index (χ1n) is 6.89. The highest BCUT2D eigenvalue weighted by Gasteiger charge is 2.51. The maximum absolute atomic E-state index is 12.1. The Kier molecular flexibility index (Phi) is 3.34. The van der Waals surface area contributed by atoms with Crippen molar-refractivity contribution < 1.29 is 9.53 Å². The number of ether oxygens (including phenoxy) is 1. The highest BCUT2D eigenvalue weighted by molar-refractivity contribution is 5.68. The number of amides is 1. The zero-order valence-electron chi connectivity index (χ0n) is 12.2. The van der Waals surface area contributed by atoms with Gasteiger partial charge in [0.15, 0.2) is 0 Å². The molecule has 0 bridgehead atoms. The van der Waals surface area contributed by atoms with Crippen LogP contribution in [0, 0.1) is 11.3 Å². The zero-order chi connectivity index (χ0) is 13.6. The van der Waals surface area contributed by atoms with Crippen LogP contribution in [-0.2, 0) is 4.74 Å². The van der Waals surface area contributed by atoms with Gasteiger partial charge in [-0.1, -0.05) is 6.92 Å². The van der Waals surface area contributed by atoms with E-state index in [1.54, 1.807) is 0 Å². The van der Waals surface area contributed by atoms with Crippen LogP contribution in [0.3, 0.4) is 0 Å². The summed E-state index contributed by atoms with van der Waals surface area (Å²) >= 11 is 0. The lowest BCUT2D eigenvalue weighted by atomic mass is 9.83. The highest BCUT2D eigenvalue weighted by Crippen LogP contribution is 2.48. The topological polar surface area (TPSA) is 41.6 Å². The fraction of sp³-hybridized carbons (Fsp3) is 0.929. The van der Waals surface area contributed by atoms with E-state index < -0.39 is 5.60 Å². The first-order valence-corrected chi connectivity index (χ1v) is 6.89. The van der Waals surface area contributed by atoms with Gasteiger partial charge in [0.25, 0.3) is 0 Å². The molecule has 0 radical (unpaired) electrons. The van der Waals surface area contributed by atoms with Crippen LogP contribution in [0.1, 0.15) is 40.5 Å². The molecule has 4 nitrogen and oxygen atoms in total. The van der Waals surface area contributed by atoms with Crippen LogP contribution in [0.25, 0.3) is 0 Å². The third kappa shape index (κ3) is 2.63. The summed E-state index contributed by atoms with van der Waals surface area (Å²) in [5.74, 6) is 0.613. The molecule has 104 valence electrons. The van der Waals surface area contributed by atoms with Gasteiger partial charge in [0.05, 0.1) is 0 Å². The Morgan fingerprint density at radius 1 is 1.44 bits per heavy atom. The van der Waals surface area contributed by atoms with Crippen LogP contribution < -0.4 is 5.32 Å². The van der Waals surface area contributed by atoms with E-state index in [1.165, 1.54) is 6.42 Å². The van der Waals surface area contributed by atoms with Crippen LogP contribution in [0.15, 0.2) is 0 Å². The molecule has 1 saturated heterocycles. The molecule has 4 heteroatoms. The lowest BCUT2D eigenvalue weighted by molar-refractivity contribution is 0.0268. The van der Waals surface area contributed by atoms with Crippen molar-refractivity contribution in [2.24, 2.45) is 11.3 Å². The van der Waals surface area contributed by atoms with Gasteiger partial charge >= 0.3 is 6.09 Å². The molecule has 0 aromatic carbocycles. The average Bonchev–Trinajstić information content (AvgIpc) is 2.66. The summed E-state index contributed by atoms with van der Waals surface area (Å²) in [5, 5.41) is 3.37. The Morgan fingerprint density at radius 2 is 2.11 bits per heavy atom. The number of carbonyl (C=O) groups is 1. The number of hydrogen-bond donors (Lipinski definition) is 1. The van der Waals surface area contributed by atoms with E-state index in [0.29, 0.717) is 12.0 Å². The molecule has 1 N–H and O–H groups in total. The van der Waals surface area contributed by atoms with Gasteiger partial charge in [-0.25, -0.2) is 4.79 Å². The second-order valence-electron chi connectivity index (χ2n) is 7.14. The van der Waals surface area contributed by atoms with Crippen LogP contribution in [0.2, 0.25) is 0 Å². The number of carbonyl (C=O) groups excluding carboxylic acids is 1. The second kappa shape index (κ2) is 4.41. The standard InChI is InChI=1S/C14H26N2O2/c1-13(2,3)18-12(17)16-8-10-6-11(15-5)7-14(10,4)9-16/h10-11,15H,6-9H2,1-5H3/t10-,11?,14+/m1/s1. The van der Waals surface area contributed by atoms with E-state index in [1.807, 2.05) is 32.7 Å². The molecule has 3 atom stereocenters. The van der Waals surface area contributed by atoms with Crippen LogP contribution in [0.4, 0.5) is 4.79 Å². The summed E-state index contributed by atoms with van der Waals surface area (Å²) in [6.45, 7) is 9.75. The van der Waals surface area contributed by atoms with Crippen molar-refractivity contribution in [2.75, 3.05) is 20.1 Å². The Labute approximate surface area is 110 Å². The van der Waals surface area contributed by atoms with Gasteiger partial charge in [-0.2, -0.15) is 0 Å². The molecule has 0 aromatic heterocycles. The van der Waals surface area contributed by atoms with Gasteiger partial charge in [0.1, 0.15) is 5.60 Å². The normalized spacial score (nSPS) is 35.7. The van der Waals surface area contributed by atoms with Crippen molar-refractivity contribution in [1.29, 1.82) is 0 Å². The number of fused-ring (bicyclic) bond motifs is 1. The lowest BCUT2D eigenvalue weighted by Crippen LogP contribution is -2.37. The Bertz CT molecular complexity index is 337. The van der Waals surface area contributed by atoms with E-state index in [2.05, 4.69) is 12.2 Å². The average molecular weight is 254 g/mol. The Balaban J connectivity index is 1.96. The van der Waals surface area contributed by atoms with Gasteiger partial charge < -0.3 is 15.0 Å². The minimum atomic E-state index is -0.400. The van der Waals surface area contributed by atoms with Crippen LogP contribution >= 0.6 is 0 Å². The molecule has 1 aliphatic heterocycles. The molecule has 2 rings (SSSR count). The molecule has 2 aliphatic rings. The predicted molar refractivity (Wildman–Crippen MR) is 71.5 cm³/mol. The van der Waals surface area contributed by atoms with Crippen LogP contribution in [-0.4, -0.2) is 42.8 Å². The lowest BCUT2D eigenvalue weighted by Gasteiger charge is -2.27. The van der Waals surface area contributed by atoms with Crippen molar-refractivity contribution in [1.82, 2.24) is 10.2 Å².